The number of rotatable bonds is 4. The molecule has 0 aliphatic carbocycles. The maximum atomic E-state index is 12.7. The molecule has 1 atom stereocenters. The summed E-state index contributed by atoms with van der Waals surface area (Å²) in [4.78, 5) is 2.37. The minimum atomic E-state index is -3.52. The molecule has 112 valence electrons. The van der Waals surface area contributed by atoms with Crippen molar-refractivity contribution in [3.63, 3.8) is 0 Å². The summed E-state index contributed by atoms with van der Waals surface area (Å²) in [7, 11) is -1.86. The van der Waals surface area contributed by atoms with Crippen LogP contribution in [0.5, 0.6) is 0 Å². The van der Waals surface area contributed by atoms with Gasteiger partial charge in [-0.25, -0.2) is 8.42 Å². The summed E-state index contributed by atoms with van der Waals surface area (Å²) in [5.41, 5.74) is 0. The van der Waals surface area contributed by atoms with E-state index in [2.05, 4.69) is 15.1 Å². The molecule has 0 aromatic carbocycles. The van der Waals surface area contributed by atoms with Gasteiger partial charge in [0.15, 0.2) is 0 Å². The van der Waals surface area contributed by atoms with Crippen molar-refractivity contribution in [2.24, 2.45) is 7.05 Å². The first-order valence-electron chi connectivity index (χ1n) is 7.17. The van der Waals surface area contributed by atoms with E-state index in [9.17, 15) is 8.42 Å². The number of sulfonamides is 1. The van der Waals surface area contributed by atoms with E-state index in [1.54, 1.807) is 11.4 Å². The topological polar surface area (TPSA) is 71.3 Å². The fraction of sp³-hybridized carbons (Fsp3) is 0.833. The zero-order valence-electron chi connectivity index (χ0n) is 11.8. The van der Waals surface area contributed by atoms with Crippen LogP contribution >= 0.6 is 0 Å². The average Bonchev–Trinajstić information content (AvgIpc) is 3.10. The number of hydrogen-bond donors (Lipinski definition) is 0. The van der Waals surface area contributed by atoms with Crippen LogP contribution < -0.4 is 0 Å². The molecule has 1 aromatic rings. The highest BCUT2D eigenvalue weighted by Gasteiger charge is 2.38. The molecule has 0 spiro atoms. The van der Waals surface area contributed by atoms with E-state index in [1.165, 1.54) is 23.7 Å². The maximum Gasteiger partial charge on any atom is 0.279 e. The molecule has 0 bridgehead atoms. The van der Waals surface area contributed by atoms with Crippen LogP contribution in [0.25, 0.3) is 0 Å². The predicted molar refractivity (Wildman–Crippen MR) is 73.6 cm³/mol. The van der Waals surface area contributed by atoms with Gasteiger partial charge in [-0.15, -0.1) is 10.2 Å². The molecule has 3 heterocycles. The monoisotopic (exact) mass is 299 g/mol. The first-order chi connectivity index (χ1) is 9.59. The molecule has 2 aliphatic rings. The van der Waals surface area contributed by atoms with E-state index in [4.69, 9.17) is 0 Å². The molecule has 0 N–H and O–H groups in total. The van der Waals surface area contributed by atoms with Crippen LogP contribution in [0.4, 0.5) is 0 Å². The fourth-order valence-electron chi connectivity index (χ4n) is 3.18. The largest absolute Gasteiger partial charge is 0.306 e. The Kier molecular flexibility index (Phi) is 3.78. The zero-order valence-corrected chi connectivity index (χ0v) is 12.6. The number of hydrogen-bond acceptors (Lipinski definition) is 5. The third kappa shape index (κ3) is 2.47. The van der Waals surface area contributed by atoms with Gasteiger partial charge in [0, 0.05) is 26.2 Å². The van der Waals surface area contributed by atoms with E-state index in [0.717, 1.165) is 32.5 Å². The van der Waals surface area contributed by atoms with Gasteiger partial charge in [0.1, 0.15) is 6.33 Å². The lowest BCUT2D eigenvalue weighted by molar-refractivity contribution is 0.256. The molecule has 0 saturated carbocycles. The molecule has 2 saturated heterocycles. The molecule has 8 heteroatoms. The van der Waals surface area contributed by atoms with Gasteiger partial charge in [-0.3, -0.25) is 0 Å². The van der Waals surface area contributed by atoms with E-state index < -0.39 is 10.0 Å². The Bertz CT molecular complexity index is 564. The van der Waals surface area contributed by atoms with Crippen molar-refractivity contribution >= 4 is 10.0 Å². The Labute approximate surface area is 119 Å². The van der Waals surface area contributed by atoms with E-state index >= 15 is 0 Å². The third-order valence-corrected chi connectivity index (χ3v) is 6.13. The van der Waals surface area contributed by atoms with E-state index in [1.807, 2.05) is 0 Å². The van der Waals surface area contributed by atoms with Crippen LogP contribution in [0.1, 0.15) is 25.7 Å². The van der Waals surface area contributed by atoms with Gasteiger partial charge in [-0.05, 0) is 38.8 Å². The van der Waals surface area contributed by atoms with Crippen molar-refractivity contribution in [2.75, 3.05) is 26.2 Å². The van der Waals surface area contributed by atoms with Gasteiger partial charge in [0.05, 0.1) is 0 Å². The number of aromatic nitrogens is 3. The Balaban J connectivity index is 1.79. The van der Waals surface area contributed by atoms with Crippen molar-refractivity contribution in [2.45, 2.75) is 36.9 Å². The predicted octanol–water partition coefficient (Wildman–Crippen LogP) is 0.0640. The van der Waals surface area contributed by atoms with Crippen LogP contribution in [-0.2, 0) is 17.1 Å². The van der Waals surface area contributed by atoms with Crippen LogP contribution in [0, 0.1) is 0 Å². The average molecular weight is 299 g/mol. The van der Waals surface area contributed by atoms with E-state index in [-0.39, 0.29) is 11.2 Å². The first-order valence-corrected chi connectivity index (χ1v) is 8.61. The van der Waals surface area contributed by atoms with Crippen molar-refractivity contribution in [1.82, 2.24) is 24.0 Å². The van der Waals surface area contributed by atoms with Gasteiger partial charge in [0.2, 0.25) is 0 Å². The molecule has 0 radical (unpaired) electrons. The summed E-state index contributed by atoms with van der Waals surface area (Å²) < 4.78 is 28.5. The molecule has 20 heavy (non-hydrogen) atoms. The van der Waals surface area contributed by atoms with Crippen LogP contribution in [0.2, 0.25) is 0 Å². The Morgan fingerprint density at radius 2 is 2.00 bits per heavy atom. The lowest BCUT2D eigenvalue weighted by atomic mass is 10.2. The SMILES string of the molecule is Cn1cnnc1S(=O)(=O)N1CCCC1CN1CCCC1. The summed E-state index contributed by atoms with van der Waals surface area (Å²) in [6.45, 7) is 3.62. The Morgan fingerprint density at radius 3 is 2.65 bits per heavy atom. The Morgan fingerprint density at radius 1 is 1.25 bits per heavy atom. The Hall–Kier alpha value is -0.990. The molecule has 2 aliphatic heterocycles. The summed E-state index contributed by atoms with van der Waals surface area (Å²) in [6, 6.07) is 0.0785. The third-order valence-electron chi connectivity index (χ3n) is 4.20. The van der Waals surface area contributed by atoms with Crippen LogP contribution in [-0.4, -0.2) is 64.6 Å². The second-order valence-corrected chi connectivity index (χ2v) is 7.43. The standard InChI is InChI=1S/C12H21N5O2S/c1-15-10-13-14-12(15)20(18,19)17-8-4-5-11(17)9-16-6-2-3-7-16/h10-11H,2-9H2,1H3. The van der Waals surface area contributed by atoms with E-state index in [0.29, 0.717) is 6.54 Å². The van der Waals surface area contributed by atoms with Crippen molar-refractivity contribution in [3.8, 4) is 0 Å². The van der Waals surface area contributed by atoms with Gasteiger partial charge >= 0.3 is 0 Å². The minimum Gasteiger partial charge on any atom is -0.306 e. The maximum absolute atomic E-state index is 12.7. The lowest BCUT2D eigenvalue weighted by Gasteiger charge is -2.27. The normalized spacial score (nSPS) is 25.6. The summed E-state index contributed by atoms with van der Waals surface area (Å²) in [5.74, 6) is 0. The lowest BCUT2D eigenvalue weighted by Crippen LogP contribution is -2.43. The highest BCUT2D eigenvalue weighted by atomic mass is 32.2. The van der Waals surface area contributed by atoms with Gasteiger partial charge in [-0.1, -0.05) is 0 Å². The summed E-state index contributed by atoms with van der Waals surface area (Å²) >= 11 is 0. The molecule has 2 fully saturated rings. The van der Waals surface area contributed by atoms with Crippen molar-refractivity contribution < 1.29 is 8.42 Å². The smallest absolute Gasteiger partial charge is 0.279 e. The molecule has 3 rings (SSSR count). The quantitative estimate of drug-likeness (QED) is 0.786. The van der Waals surface area contributed by atoms with Crippen molar-refractivity contribution in [3.05, 3.63) is 6.33 Å². The van der Waals surface area contributed by atoms with Crippen LogP contribution in [0.3, 0.4) is 0 Å². The first kappa shape index (κ1) is 14.0. The molecular weight excluding hydrogens is 278 g/mol. The summed E-state index contributed by atoms with van der Waals surface area (Å²) in [6.07, 6.45) is 5.74. The summed E-state index contributed by atoms with van der Waals surface area (Å²) in [5, 5.41) is 7.50. The van der Waals surface area contributed by atoms with Gasteiger partial charge < -0.3 is 9.47 Å². The second kappa shape index (κ2) is 5.42. The minimum absolute atomic E-state index is 0.0471. The van der Waals surface area contributed by atoms with Gasteiger partial charge in [0.25, 0.3) is 15.2 Å². The molecule has 0 amide bonds. The number of nitrogens with zero attached hydrogens (tertiary/aromatic N) is 5. The molecular formula is C12H21N5O2S. The van der Waals surface area contributed by atoms with Crippen molar-refractivity contribution in [1.29, 1.82) is 0 Å². The molecule has 7 nitrogen and oxygen atoms in total. The number of aryl methyl sites for hydroxylation is 1. The molecule has 1 aromatic heterocycles. The number of likely N-dealkylation sites (tertiary alicyclic amines) is 1. The highest BCUT2D eigenvalue weighted by molar-refractivity contribution is 7.89. The molecule has 1 unspecified atom stereocenters. The van der Waals surface area contributed by atoms with Crippen LogP contribution in [0.15, 0.2) is 11.5 Å². The highest BCUT2D eigenvalue weighted by Crippen LogP contribution is 2.26. The second-order valence-electron chi connectivity index (χ2n) is 5.64. The zero-order chi connectivity index (χ0) is 14.2. The van der Waals surface area contributed by atoms with Gasteiger partial charge in [-0.2, -0.15) is 4.31 Å². The fourth-order valence-corrected chi connectivity index (χ4v) is 4.89.